The van der Waals surface area contributed by atoms with Crippen LogP contribution in [-0.2, 0) is 6.42 Å². The maximum absolute atomic E-state index is 6.03. The first-order chi connectivity index (χ1) is 7.54. The third-order valence-electron chi connectivity index (χ3n) is 2.07. The lowest BCUT2D eigenvalue weighted by Gasteiger charge is -2.04. The molecule has 0 spiro atoms. The quantitative estimate of drug-likeness (QED) is 0.676. The SMILES string of the molecule is CCc1cccc(/N=C(/Cl)C=C(C)C)c1Br. The molecule has 0 aliphatic rings. The maximum Gasteiger partial charge on any atom is 0.129 e. The monoisotopic (exact) mass is 299 g/mol. The van der Waals surface area contributed by atoms with Crippen molar-refractivity contribution in [2.24, 2.45) is 4.99 Å². The van der Waals surface area contributed by atoms with Gasteiger partial charge in [-0.05, 0) is 53.9 Å². The van der Waals surface area contributed by atoms with Crippen LogP contribution in [0.2, 0.25) is 0 Å². The molecule has 0 fully saturated rings. The minimum absolute atomic E-state index is 0.508. The van der Waals surface area contributed by atoms with Crippen LogP contribution in [0.15, 0.2) is 39.3 Å². The van der Waals surface area contributed by atoms with Crippen molar-refractivity contribution in [2.75, 3.05) is 0 Å². The van der Waals surface area contributed by atoms with Crippen molar-refractivity contribution in [2.45, 2.75) is 27.2 Å². The topological polar surface area (TPSA) is 12.4 Å². The third kappa shape index (κ3) is 3.76. The van der Waals surface area contributed by atoms with Gasteiger partial charge in [-0.15, -0.1) is 0 Å². The summed E-state index contributed by atoms with van der Waals surface area (Å²) < 4.78 is 1.03. The summed E-state index contributed by atoms with van der Waals surface area (Å²) in [6, 6.07) is 6.03. The van der Waals surface area contributed by atoms with E-state index < -0.39 is 0 Å². The van der Waals surface area contributed by atoms with E-state index >= 15 is 0 Å². The van der Waals surface area contributed by atoms with Crippen molar-refractivity contribution in [3.8, 4) is 0 Å². The van der Waals surface area contributed by atoms with Crippen molar-refractivity contribution in [3.63, 3.8) is 0 Å². The molecule has 1 rings (SSSR count). The summed E-state index contributed by atoms with van der Waals surface area (Å²) in [7, 11) is 0. The van der Waals surface area contributed by atoms with Crippen molar-refractivity contribution in [3.05, 3.63) is 39.9 Å². The van der Waals surface area contributed by atoms with E-state index in [4.69, 9.17) is 11.6 Å². The Labute approximate surface area is 110 Å². The Morgan fingerprint density at radius 3 is 2.69 bits per heavy atom. The van der Waals surface area contributed by atoms with Gasteiger partial charge in [0.2, 0.25) is 0 Å². The van der Waals surface area contributed by atoms with Gasteiger partial charge in [0.25, 0.3) is 0 Å². The number of hydrogen-bond acceptors (Lipinski definition) is 1. The van der Waals surface area contributed by atoms with Crippen molar-refractivity contribution in [1.29, 1.82) is 0 Å². The predicted molar refractivity (Wildman–Crippen MR) is 75.9 cm³/mol. The minimum Gasteiger partial charge on any atom is -0.236 e. The minimum atomic E-state index is 0.508. The lowest BCUT2D eigenvalue weighted by Crippen LogP contribution is -1.85. The Morgan fingerprint density at radius 2 is 2.12 bits per heavy atom. The molecule has 1 aromatic carbocycles. The molecule has 0 aliphatic carbocycles. The zero-order valence-electron chi connectivity index (χ0n) is 9.72. The van der Waals surface area contributed by atoms with Gasteiger partial charge in [-0.3, -0.25) is 0 Å². The highest BCUT2D eigenvalue weighted by Gasteiger charge is 2.03. The highest BCUT2D eigenvalue weighted by Crippen LogP contribution is 2.29. The zero-order valence-corrected chi connectivity index (χ0v) is 12.1. The Bertz CT molecular complexity index is 432. The Hall–Kier alpha value is -0.600. The molecule has 0 bridgehead atoms. The van der Waals surface area contributed by atoms with Gasteiger partial charge in [0.1, 0.15) is 5.17 Å². The highest BCUT2D eigenvalue weighted by atomic mass is 79.9. The average molecular weight is 301 g/mol. The first kappa shape index (κ1) is 13.5. The molecule has 3 heteroatoms. The number of benzene rings is 1. The molecule has 0 heterocycles. The van der Waals surface area contributed by atoms with Crippen LogP contribution in [0, 0.1) is 0 Å². The van der Waals surface area contributed by atoms with Gasteiger partial charge in [0.05, 0.1) is 5.69 Å². The molecule has 16 heavy (non-hydrogen) atoms. The van der Waals surface area contributed by atoms with E-state index in [0.29, 0.717) is 5.17 Å². The normalized spacial score (nSPS) is 11.4. The first-order valence-corrected chi connectivity index (χ1v) is 6.38. The van der Waals surface area contributed by atoms with E-state index in [1.807, 2.05) is 32.1 Å². The molecule has 0 saturated carbocycles. The second-order valence-electron chi connectivity index (χ2n) is 3.76. The second kappa shape index (κ2) is 6.21. The predicted octanol–water partition coefficient (Wildman–Crippen LogP) is 5.25. The van der Waals surface area contributed by atoms with Crippen molar-refractivity contribution < 1.29 is 0 Å². The molecular weight excluding hydrogens is 286 g/mol. The van der Waals surface area contributed by atoms with E-state index in [9.17, 15) is 0 Å². The number of aryl methyl sites for hydroxylation is 1. The van der Waals surface area contributed by atoms with E-state index in [1.54, 1.807) is 0 Å². The van der Waals surface area contributed by atoms with Gasteiger partial charge in [-0.1, -0.05) is 36.2 Å². The summed E-state index contributed by atoms with van der Waals surface area (Å²) in [6.07, 6.45) is 2.83. The Kier molecular flexibility index (Phi) is 5.23. The van der Waals surface area contributed by atoms with Crippen LogP contribution >= 0.6 is 27.5 Å². The lowest BCUT2D eigenvalue weighted by atomic mass is 10.1. The second-order valence-corrected chi connectivity index (χ2v) is 4.94. The summed E-state index contributed by atoms with van der Waals surface area (Å²) in [4.78, 5) is 4.37. The van der Waals surface area contributed by atoms with Crippen LogP contribution in [0.5, 0.6) is 0 Å². The molecule has 0 aromatic heterocycles. The van der Waals surface area contributed by atoms with Crippen molar-refractivity contribution >= 4 is 38.4 Å². The maximum atomic E-state index is 6.03. The van der Waals surface area contributed by atoms with Gasteiger partial charge >= 0.3 is 0 Å². The number of halogens is 2. The van der Waals surface area contributed by atoms with Gasteiger partial charge in [0, 0.05) is 4.47 Å². The number of rotatable bonds is 3. The zero-order chi connectivity index (χ0) is 12.1. The summed E-state index contributed by atoms with van der Waals surface area (Å²) in [5, 5.41) is 0.508. The fourth-order valence-corrected chi connectivity index (χ4v) is 2.25. The molecule has 0 amide bonds. The summed E-state index contributed by atoms with van der Waals surface area (Å²) in [5.74, 6) is 0. The molecule has 1 aromatic rings. The molecular formula is C13H15BrClN. The van der Waals surface area contributed by atoms with Gasteiger partial charge in [-0.25, -0.2) is 4.99 Å². The molecule has 0 radical (unpaired) electrons. The first-order valence-electron chi connectivity index (χ1n) is 5.21. The van der Waals surface area contributed by atoms with Gasteiger partial charge < -0.3 is 0 Å². The van der Waals surface area contributed by atoms with E-state index in [0.717, 1.165) is 22.2 Å². The van der Waals surface area contributed by atoms with Gasteiger partial charge in [-0.2, -0.15) is 0 Å². The standard InChI is InChI=1S/C13H15BrClN/c1-4-10-6-5-7-11(13(10)14)16-12(15)8-9(2)3/h5-8H,4H2,1-3H3/b16-12+. The summed E-state index contributed by atoms with van der Waals surface area (Å²) in [6.45, 7) is 6.11. The number of hydrogen-bond donors (Lipinski definition) is 0. The lowest BCUT2D eigenvalue weighted by molar-refractivity contribution is 1.13. The summed E-state index contributed by atoms with van der Waals surface area (Å²) in [5.41, 5.74) is 3.25. The molecule has 0 aliphatic heterocycles. The number of allylic oxidation sites excluding steroid dienone is 2. The van der Waals surface area contributed by atoms with Crippen LogP contribution in [0.4, 0.5) is 5.69 Å². The van der Waals surface area contributed by atoms with Crippen LogP contribution in [-0.4, -0.2) is 5.17 Å². The van der Waals surface area contributed by atoms with E-state index in [1.165, 1.54) is 5.56 Å². The molecule has 0 atom stereocenters. The summed E-state index contributed by atoms with van der Waals surface area (Å²) >= 11 is 9.58. The largest absolute Gasteiger partial charge is 0.236 e. The highest BCUT2D eigenvalue weighted by molar-refractivity contribution is 9.10. The Balaban J connectivity index is 3.11. The van der Waals surface area contributed by atoms with Gasteiger partial charge in [0.15, 0.2) is 0 Å². The van der Waals surface area contributed by atoms with Crippen LogP contribution in [0.3, 0.4) is 0 Å². The third-order valence-corrected chi connectivity index (χ3v) is 3.18. The molecule has 86 valence electrons. The molecule has 0 N–H and O–H groups in total. The molecule has 0 saturated heterocycles. The fraction of sp³-hybridized carbons (Fsp3) is 0.308. The number of aliphatic imine (C=N–C) groups is 1. The van der Waals surface area contributed by atoms with Crippen LogP contribution in [0.1, 0.15) is 26.3 Å². The average Bonchev–Trinajstić information content (AvgIpc) is 2.20. The van der Waals surface area contributed by atoms with E-state index in [-0.39, 0.29) is 0 Å². The van der Waals surface area contributed by atoms with Crippen molar-refractivity contribution in [1.82, 2.24) is 0 Å². The fourth-order valence-electron chi connectivity index (χ4n) is 1.31. The smallest absolute Gasteiger partial charge is 0.129 e. The van der Waals surface area contributed by atoms with Crippen LogP contribution < -0.4 is 0 Å². The Morgan fingerprint density at radius 1 is 1.44 bits per heavy atom. The molecule has 1 nitrogen and oxygen atoms in total. The van der Waals surface area contributed by atoms with E-state index in [2.05, 4.69) is 33.9 Å². The molecule has 0 unspecified atom stereocenters. The van der Waals surface area contributed by atoms with Crippen LogP contribution in [0.25, 0.3) is 0 Å². The number of nitrogens with zero attached hydrogens (tertiary/aromatic N) is 1.